The summed E-state index contributed by atoms with van der Waals surface area (Å²) in [7, 11) is 0. The van der Waals surface area contributed by atoms with Crippen molar-refractivity contribution in [1.82, 2.24) is 29.4 Å². The number of amides is 4. The average molecular weight is 348 g/mol. The fourth-order valence-electron chi connectivity index (χ4n) is 2.68. The standard InChI is InChI=1S/C12H24N6O6/c19-7-15-3-13(4-16(8-20)11(15)23)1-2-14-5-17(9-21)12(24)18(6-14)10-22/h19-22H,1-10H2. The third-order valence-electron chi connectivity index (χ3n) is 3.98. The van der Waals surface area contributed by atoms with E-state index in [-0.39, 0.29) is 26.7 Å². The molecule has 0 atom stereocenters. The van der Waals surface area contributed by atoms with Gasteiger partial charge in [-0.25, -0.2) is 9.59 Å². The molecule has 2 fully saturated rings. The molecule has 4 N–H and O–H groups in total. The minimum Gasteiger partial charge on any atom is -0.376 e. The van der Waals surface area contributed by atoms with E-state index in [1.165, 1.54) is 19.6 Å². The summed E-state index contributed by atoms with van der Waals surface area (Å²) >= 11 is 0. The largest absolute Gasteiger partial charge is 0.376 e. The lowest BCUT2D eigenvalue weighted by Gasteiger charge is -2.43. The van der Waals surface area contributed by atoms with Crippen LogP contribution >= 0.6 is 0 Å². The smallest absolute Gasteiger partial charge is 0.325 e. The Morgan fingerprint density at radius 1 is 0.583 bits per heavy atom. The monoisotopic (exact) mass is 348 g/mol. The molecule has 2 rings (SSSR count). The number of hydrogen-bond acceptors (Lipinski definition) is 8. The lowest BCUT2D eigenvalue weighted by molar-refractivity contribution is -0.0466. The number of urea groups is 2. The lowest BCUT2D eigenvalue weighted by Crippen LogP contribution is -2.61. The zero-order chi connectivity index (χ0) is 17.7. The molecule has 0 spiro atoms. The first kappa shape index (κ1) is 18.6. The first-order valence-corrected chi connectivity index (χ1v) is 7.49. The summed E-state index contributed by atoms with van der Waals surface area (Å²) in [5, 5.41) is 36.9. The van der Waals surface area contributed by atoms with E-state index in [0.717, 1.165) is 0 Å². The second kappa shape index (κ2) is 8.41. The van der Waals surface area contributed by atoms with Crippen LogP contribution in [0.25, 0.3) is 0 Å². The minimum atomic E-state index is -0.444. The summed E-state index contributed by atoms with van der Waals surface area (Å²) in [5.41, 5.74) is 0. The highest BCUT2D eigenvalue weighted by Crippen LogP contribution is 2.12. The highest BCUT2D eigenvalue weighted by atomic mass is 16.3. The zero-order valence-corrected chi connectivity index (χ0v) is 13.4. The summed E-state index contributed by atoms with van der Waals surface area (Å²) in [6.07, 6.45) is 0. The van der Waals surface area contributed by atoms with Gasteiger partial charge in [-0.05, 0) is 0 Å². The Bertz CT molecular complexity index is 382. The molecule has 24 heavy (non-hydrogen) atoms. The molecule has 0 aliphatic carbocycles. The Labute approximate surface area is 139 Å². The molecule has 12 heteroatoms. The number of nitrogens with zero attached hydrogens (tertiary/aromatic N) is 6. The Morgan fingerprint density at radius 3 is 1.04 bits per heavy atom. The Hall–Kier alpha value is -1.70. The molecule has 2 aliphatic rings. The zero-order valence-electron chi connectivity index (χ0n) is 13.4. The van der Waals surface area contributed by atoms with Gasteiger partial charge in [0, 0.05) is 13.1 Å². The summed E-state index contributed by atoms with van der Waals surface area (Å²) in [6.45, 7) is 0.151. The van der Waals surface area contributed by atoms with E-state index in [0.29, 0.717) is 13.1 Å². The number of hydrogen-bond donors (Lipinski definition) is 4. The van der Waals surface area contributed by atoms with Crippen molar-refractivity contribution in [3.05, 3.63) is 0 Å². The Morgan fingerprint density at radius 2 is 0.833 bits per heavy atom. The number of carbonyl (C=O) groups is 2. The molecule has 0 bridgehead atoms. The van der Waals surface area contributed by atoms with E-state index >= 15 is 0 Å². The molecule has 2 saturated heterocycles. The number of aliphatic hydroxyl groups excluding tert-OH is 4. The second-order valence-corrected chi connectivity index (χ2v) is 5.64. The molecule has 2 aliphatic heterocycles. The van der Waals surface area contributed by atoms with Crippen LogP contribution in [0.4, 0.5) is 9.59 Å². The van der Waals surface area contributed by atoms with Gasteiger partial charge in [-0.1, -0.05) is 0 Å². The predicted octanol–water partition coefficient (Wildman–Crippen LogP) is -3.31. The van der Waals surface area contributed by atoms with Gasteiger partial charge in [0.15, 0.2) is 0 Å². The maximum atomic E-state index is 11.8. The van der Waals surface area contributed by atoms with Gasteiger partial charge >= 0.3 is 12.1 Å². The SMILES string of the molecule is O=C1N(CO)CN(CCN2CN(CO)C(=O)N(CO)C2)CN1CO. The first-order chi connectivity index (χ1) is 11.5. The van der Waals surface area contributed by atoms with Crippen LogP contribution in [0.15, 0.2) is 0 Å². The average Bonchev–Trinajstić information content (AvgIpc) is 2.61. The molecular weight excluding hydrogens is 324 g/mol. The third kappa shape index (κ3) is 4.03. The van der Waals surface area contributed by atoms with Crippen molar-refractivity contribution in [3.63, 3.8) is 0 Å². The lowest BCUT2D eigenvalue weighted by atomic mass is 10.4. The normalized spacial score (nSPS) is 21.2. The van der Waals surface area contributed by atoms with Crippen LogP contribution in [0.1, 0.15) is 0 Å². The van der Waals surface area contributed by atoms with Gasteiger partial charge in [-0.3, -0.25) is 29.4 Å². The van der Waals surface area contributed by atoms with Crippen LogP contribution in [0.2, 0.25) is 0 Å². The summed E-state index contributed by atoms with van der Waals surface area (Å²) in [6, 6.07) is -0.865. The van der Waals surface area contributed by atoms with Crippen molar-refractivity contribution in [2.75, 3.05) is 66.7 Å². The van der Waals surface area contributed by atoms with Crippen molar-refractivity contribution in [3.8, 4) is 0 Å². The summed E-state index contributed by atoms with van der Waals surface area (Å²) in [5.74, 6) is 0. The molecule has 0 unspecified atom stereocenters. The van der Waals surface area contributed by atoms with Crippen LogP contribution in [-0.2, 0) is 0 Å². The fourth-order valence-corrected chi connectivity index (χ4v) is 2.68. The third-order valence-corrected chi connectivity index (χ3v) is 3.98. The van der Waals surface area contributed by atoms with E-state index in [1.807, 2.05) is 9.80 Å². The molecule has 0 saturated carbocycles. The van der Waals surface area contributed by atoms with E-state index < -0.39 is 39.0 Å². The van der Waals surface area contributed by atoms with Gasteiger partial charge in [0.25, 0.3) is 0 Å². The predicted molar refractivity (Wildman–Crippen MR) is 79.4 cm³/mol. The van der Waals surface area contributed by atoms with Gasteiger partial charge in [0.1, 0.15) is 26.9 Å². The Kier molecular flexibility index (Phi) is 6.53. The van der Waals surface area contributed by atoms with E-state index in [2.05, 4.69) is 0 Å². The molecule has 12 nitrogen and oxygen atoms in total. The van der Waals surface area contributed by atoms with Gasteiger partial charge < -0.3 is 20.4 Å². The molecule has 2 heterocycles. The van der Waals surface area contributed by atoms with Crippen molar-refractivity contribution >= 4 is 12.1 Å². The summed E-state index contributed by atoms with van der Waals surface area (Å²) < 4.78 is 0. The highest BCUT2D eigenvalue weighted by molar-refractivity contribution is 5.75. The van der Waals surface area contributed by atoms with Crippen molar-refractivity contribution in [1.29, 1.82) is 0 Å². The van der Waals surface area contributed by atoms with Gasteiger partial charge in [-0.2, -0.15) is 0 Å². The van der Waals surface area contributed by atoms with Gasteiger partial charge in [0.2, 0.25) is 0 Å². The van der Waals surface area contributed by atoms with Crippen molar-refractivity contribution in [2.24, 2.45) is 0 Å². The summed E-state index contributed by atoms with van der Waals surface area (Å²) in [4.78, 5) is 32.1. The van der Waals surface area contributed by atoms with E-state index in [9.17, 15) is 30.0 Å². The van der Waals surface area contributed by atoms with Gasteiger partial charge in [0.05, 0.1) is 26.7 Å². The Balaban J connectivity index is 1.90. The molecular formula is C12H24N6O6. The first-order valence-electron chi connectivity index (χ1n) is 7.49. The van der Waals surface area contributed by atoms with Gasteiger partial charge in [-0.15, -0.1) is 0 Å². The van der Waals surface area contributed by atoms with Crippen LogP contribution in [0, 0.1) is 0 Å². The van der Waals surface area contributed by atoms with E-state index in [1.54, 1.807) is 0 Å². The van der Waals surface area contributed by atoms with Crippen LogP contribution in [-0.4, -0.2) is 129 Å². The molecule has 138 valence electrons. The quantitative estimate of drug-likeness (QED) is 0.376. The highest BCUT2D eigenvalue weighted by Gasteiger charge is 2.32. The maximum absolute atomic E-state index is 11.8. The molecule has 0 radical (unpaired) electrons. The fraction of sp³-hybridized carbons (Fsp3) is 0.833. The number of rotatable bonds is 7. The van der Waals surface area contributed by atoms with Crippen molar-refractivity contribution < 1.29 is 30.0 Å². The minimum absolute atomic E-state index is 0.228. The van der Waals surface area contributed by atoms with Crippen LogP contribution in [0.3, 0.4) is 0 Å². The molecule has 0 aromatic heterocycles. The van der Waals surface area contributed by atoms with Crippen molar-refractivity contribution in [2.45, 2.75) is 0 Å². The molecule has 4 amide bonds. The maximum Gasteiger partial charge on any atom is 0.325 e. The second-order valence-electron chi connectivity index (χ2n) is 5.64. The van der Waals surface area contributed by atoms with Crippen LogP contribution in [0.5, 0.6) is 0 Å². The number of aliphatic hydroxyl groups is 4. The van der Waals surface area contributed by atoms with Crippen LogP contribution < -0.4 is 0 Å². The number of carbonyl (C=O) groups excluding carboxylic acids is 2. The van der Waals surface area contributed by atoms with E-state index in [4.69, 9.17) is 0 Å². The topological polar surface area (TPSA) is 134 Å². The molecule has 0 aromatic carbocycles. The molecule has 0 aromatic rings.